The van der Waals surface area contributed by atoms with Crippen LogP contribution in [0.15, 0.2) is 24.3 Å². The molecule has 4 amide bonds. The van der Waals surface area contributed by atoms with Gasteiger partial charge < -0.3 is 0 Å². The normalized spacial score (nSPS) is 37.7. The van der Waals surface area contributed by atoms with Crippen LogP contribution < -0.4 is 4.90 Å². The third kappa shape index (κ3) is 1.31. The van der Waals surface area contributed by atoms with E-state index < -0.39 is 22.7 Å². The van der Waals surface area contributed by atoms with E-state index in [4.69, 9.17) is 0 Å². The van der Waals surface area contributed by atoms with Crippen molar-refractivity contribution in [2.75, 3.05) is 11.9 Å². The molecule has 6 heteroatoms. The van der Waals surface area contributed by atoms with Crippen molar-refractivity contribution in [1.82, 2.24) is 4.90 Å². The maximum atomic E-state index is 13.1. The van der Waals surface area contributed by atoms with Gasteiger partial charge in [-0.15, -0.1) is 0 Å². The Hall–Kier alpha value is -2.50. The topological polar surface area (TPSA) is 74.8 Å². The molecule has 124 valence electrons. The SMILES string of the molecule is Cc1ccc(N2C(=O)C3C4(C)C(=O)N(C)C(=O)C4C3(C)C2=O)cc1. The van der Waals surface area contributed by atoms with Crippen molar-refractivity contribution < 1.29 is 19.2 Å². The fourth-order valence-corrected chi connectivity index (χ4v) is 5.07. The summed E-state index contributed by atoms with van der Waals surface area (Å²) in [5.74, 6) is -3.06. The van der Waals surface area contributed by atoms with E-state index in [0.717, 1.165) is 15.4 Å². The number of fused-ring (bicyclic) bond motifs is 4. The van der Waals surface area contributed by atoms with E-state index in [2.05, 4.69) is 0 Å². The van der Waals surface area contributed by atoms with Crippen molar-refractivity contribution in [1.29, 1.82) is 0 Å². The number of hydrogen-bond donors (Lipinski definition) is 0. The second-order valence-corrected chi connectivity index (χ2v) is 7.45. The first-order valence-electron chi connectivity index (χ1n) is 7.94. The summed E-state index contributed by atoms with van der Waals surface area (Å²) < 4.78 is 0. The molecule has 24 heavy (non-hydrogen) atoms. The highest BCUT2D eigenvalue weighted by Crippen LogP contribution is 2.71. The van der Waals surface area contributed by atoms with Gasteiger partial charge in [0.1, 0.15) is 0 Å². The van der Waals surface area contributed by atoms with Crippen LogP contribution >= 0.6 is 0 Å². The lowest BCUT2D eigenvalue weighted by Gasteiger charge is -2.53. The van der Waals surface area contributed by atoms with Crippen molar-refractivity contribution in [2.24, 2.45) is 22.7 Å². The molecule has 2 saturated heterocycles. The van der Waals surface area contributed by atoms with E-state index in [0.29, 0.717) is 5.69 Å². The minimum Gasteiger partial charge on any atom is -0.285 e. The Morgan fingerprint density at radius 2 is 1.33 bits per heavy atom. The number of anilines is 1. The average molecular weight is 326 g/mol. The number of imide groups is 2. The molecule has 2 aliphatic heterocycles. The highest BCUT2D eigenvalue weighted by molar-refractivity contribution is 6.30. The van der Waals surface area contributed by atoms with Crippen LogP contribution in [-0.2, 0) is 19.2 Å². The van der Waals surface area contributed by atoms with Gasteiger partial charge in [0, 0.05) is 7.05 Å². The minimum atomic E-state index is -1.14. The Bertz CT molecular complexity index is 830. The number of benzene rings is 1. The number of carbonyl (C=O) groups excluding carboxylic acids is 4. The van der Waals surface area contributed by atoms with Gasteiger partial charge in [-0.1, -0.05) is 17.7 Å². The molecule has 3 fully saturated rings. The third-order valence-corrected chi connectivity index (χ3v) is 6.17. The zero-order chi connectivity index (χ0) is 17.6. The Morgan fingerprint density at radius 3 is 1.92 bits per heavy atom. The number of likely N-dealkylation sites (tertiary alicyclic amines) is 1. The smallest absolute Gasteiger partial charge is 0.241 e. The molecule has 2 heterocycles. The molecule has 4 atom stereocenters. The molecule has 4 unspecified atom stereocenters. The molecule has 3 aliphatic rings. The van der Waals surface area contributed by atoms with Gasteiger partial charge in [-0.2, -0.15) is 0 Å². The molecule has 0 spiro atoms. The van der Waals surface area contributed by atoms with Gasteiger partial charge in [0.05, 0.1) is 28.4 Å². The first-order chi connectivity index (χ1) is 11.2. The van der Waals surface area contributed by atoms with Gasteiger partial charge in [0.2, 0.25) is 23.6 Å². The van der Waals surface area contributed by atoms with Gasteiger partial charge in [-0.05, 0) is 32.9 Å². The highest BCUT2D eigenvalue weighted by Gasteiger charge is 2.85. The maximum Gasteiger partial charge on any atom is 0.241 e. The van der Waals surface area contributed by atoms with Crippen LogP contribution in [-0.4, -0.2) is 35.6 Å². The standard InChI is InChI=1S/C18H18N2O4/c1-9-5-7-10(8-6-9)20-14(22)12-17(2)11(18(12,3)16(20)24)13(21)19(4)15(17)23/h5-8,11-12H,1-4H3. The van der Waals surface area contributed by atoms with E-state index in [1.54, 1.807) is 26.0 Å². The first kappa shape index (κ1) is 15.1. The largest absolute Gasteiger partial charge is 0.285 e. The predicted octanol–water partition coefficient (Wildman–Crippen LogP) is 1.13. The molecular weight excluding hydrogens is 308 g/mol. The lowest BCUT2D eigenvalue weighted by molar-refractivity contribution is -0.179. The van der Waals surface area contributed by atoms with E-state index in [1.165, 1.54) is 7.05 Å². The molecule has 1 aromatic carbocycles. The predicted molar refractivity (Wildman–Crippen MR) is 84.6 cm³/mol. The molecule has 0 radical (unpaired) electrons. The molecule has 1 aliphatic carbocycles. The third-order valence-electron chi connectivity index (χ3n) is 6.17. The lowest BCUT2D eigenvalue weighted by Crippen LogP contribution is -2.65. The summed E-state index contributed by atoms with van der Waals surface area (Å²) in [4.78, 5) is 53.3. The summed E-state index contributed by atoms with van der Waals surface area (Å²) in [6.45, 7) is 5.20. The molecule has 0 N–H and O–H groups in total. The summed E-state index contributed by atoms with van der Waals surface area (Å²) in [6, 6.07) is 7.08. The van der Waals surface area contributed by atoms with E-state index in [9.17, 15) is 19.2 Å². The van der Waals surface area contributed by atoms with Crippen molar-refractivity contribution in [3.05, 3.63) is 29.8 Å². The van der Waals surface area contributed by atoms with Gasteiger partial charge in [0.15, 0.2) is 0 Å². The number of amides is 4. The molecule has 6 nitrogen and oxygen atoms in total. The van der Waals surface area contributed by atoms with Gasteiger partial charge in [-0.3, -0.25) is 24.1 Å². The first-order valence-corrected chi connectivity index (χ1v) is 7.94. The van der Waals surface area contributed by atoms with Crippen LogP contribution in [0.5, 0.6) is 0 Å². The molecule has 0 aromatic heterocycles. The number of aryl methyl sites for hydroxylation is 1. The van der Waals surface area contributed by atoms with Crippen LogP contribution in [0, 0.1) is 29.6 Å². The van der Waals surface area contributed by atoms with Crippen molar-refractivity contribution in [2.45, 2.75) is 20.8 Å². The zero-order valence-electron chi connectivity index (χ0n) is 14.0. The summed E-state index contributed by atoms with van der Waals surface area (Å²) in [7, 11) is 1.42. The minimum absolute atomic E-state index is 0.367. The average Bonchev–Trinajstić information content (AvgIpc) is 2.79. The van der Waals surface area contributed by atoms with Crippen LogP contribution in [0.2, 0.25) is 0 Å². The van der Waals surface area contributed by atoms with Crippen LogP contribution in [0.4, 0.5) is 5.69 Å². The quantitative estimate of drug-likeness (QED) is 0.725. The van der Waals surface area contributed by atoms with Crippen LogP contribution in [0.1, 0.15) is 19.4 Å². The van der Waals surface area contributed by atoms with Gasteiger partial charge in [-0.25, -0.2) is 4.90 Å². The fraction of sp³-hybridized carbons (Fsp3) is 0.444. The second-order valence-electron chi connectivity index (χ2n) is 7.45. The molecule has 4 rings (SSSR count). The summed E-state index contributed by atoms with van der Waals surface area (Å²) in [6.07, 6.45) is 0. The highest BCUT2D eigenvalue weighted by atomic mass is 16.2. The Kier molecular flexibility index (Phi) is 2.58. The van der Waals surface area contributed by atoms with Crippen molar-refractivity contribution in [3.8, 4) is 0 Å². The number of nitrogens with zero attached hydrogens (tertiary/aromatic N) is 2. The van der Waals surface area contributed by atoms with Crippen LogP contribution in [0.3, 0.4) is 0 Å². The van der Waals surface area contributed by atoms with Crippen LogP contribution in [0.25, 0.3) is 0 Å². The Morgan fingerprint density at radius 1 is 0.833 bits per heavy atom. The van der Waals surface area contributed by atoms with Gasteiger partial charge >= 0.3 is 0 Å². The van der Waals surface area contributed by atoms with Gasteiger partial charge in [0.25, 0.3) is 0 Å². The molecular formula is C18H18N2O4. The number of rotatable bonds is 1. The van der Waals surface area contributed by atoms with E-state index in [-0.39, 0.29) is 23.6 Å². The maximum absolute atomic E-state index is 13.1. The van der Waals surface area contributed by atoms with E-state index >= 15 is 0 Å². The lowest BCUT2D eigenvalue weighted by atomic mass is 9.41. The summed E-state index contributed by atoms with van der Waals surface area (Å²) >= 11 is 0. The number of carbonyl (C=O) groups is 4. The molecule has 1 aromatic rings. The molecule has 1 saturated carbocycles. The zero-order valence-corrected chi connectivity index (χ0v) is 14.0. The summed E-state index contributed by atoms with van der Waals surface area (Å²) in [5, 5.41) is 0. The Labute approximate surface area is 139 Å². The monoisotopic (exact) mass is 326 g/mol. The van der Waals surface area contributed by atoms with Crippen molar-refractivity contribution >= 4 is 29.3 Å². The second kappa shape index (κ2) is 4.12. The number of hydrogen-bond acceptors (Lipinski definition) is 4. The van der Waals surface area contributed by atoms with E-state index in [1.807, 2.05) is 19.1 Å². The molecule has 0 bridgehead atoms. The summed E-state index contributed by atoms with van der Waals surface area (Å²) in [5.41, 5.74) is -0.759. The Balaban J connectivity index is 1.84. The van der Waals surface area contributed by atoms with Crippen molar-refractivity contribution in [3.63, 3.8) is 0 Å². The fourth-order valence-electron chi connectivity index (χ4n) is 5.07.